The molecule has 1 heterocycles. The standard InChI is InChI=1S/C27H20N4O6/c1-3-23(33)18-12-24-20(11-17(18)16-6-4-5-7-21(16)29-14(2)32)25(31-37-24)26(34)30-22-9-8-15(13-28)10-19(22)27(35)36/h4-12H,3H2,1-2H3,(H,29,32)(H,30,34)(H,35,36). The van der Waals surface area contributed by atoms with Gasteiger partial charge in [0.1, 0.15) is 0 Å². The first-order chi connectivity index (χ1) is 17.7. The van der Waals surface area contributed by atoms with Crippen molar-refractivity contribution < 1.29 is 28.8 Å². The van der Waals surface area contributed by atoms with Crippen molar-refractivity contribution in [2.75, 3.05) is 10.6 Å². The molecular formula is C27H20N4O6. The van der Waals surface area contributed by atoms with Crippen LogP contribution in [0.3, 0.4) is 0 Å². The van der Waals surface area contributed by atoms with E-state index >= 15 is 0 Å². The molecule has 184 valence electrons. The van der Waals surface area contributed by atoms with Gasteiger partial charge in [0.25, 0.3) is 5.91 Å². The third kappa shape index (κ3) is 4.92. The van der Waals surface area contributed by atoms with E-state index in [1.807, 2.05) is 6.07 Å². The number of hydrogen-bond donors (Lipinski definition) is 3. The van der Waals surface area contributed by atoms with E-state index in [-0.39, 0.29) is 51.6 Å². The number of carboxylic acids is 1. The van der Waals surface area contributed by atoms with Crippen LogP contribution in [0, 0.1) is 11.3 Å². The number of rotatable bonds is 7. The van der Waals surface area contributed by atoms with Gasteiger partial charge in [0.2, 0.25) is 5.91 Å². The number of aromatic carboxylic acids is 1. The number of para-hydroxylation sites is 1. The summed E-state index contributed by atoms with van der Waals surface area (Å²) in [5.74, 6) is -2.54. The Hall–Kier alpha value is -5.30. The molecule has 0 aliphatic heterocycles. The third-order valence-corrected chi connectivity index (χ3v) is 5.60. The molecule has 2 amide bonds. The maximum Gasteiger partial charge on any atom is 0.337 e. The highest BCUT2D eigenvalue weighted by molar-refractivity contribution is 6.15. The molecule has 0 unspecified atom stereocenters. The molecule has 0 atom stereocenters. The number of nitrogens with one attached hydrogen (secondary N) is 2. The molecule has 10 heteroatoms. The second-order valence-corrected chi connectivity index (χ2v) is 8.06. The number of anilines is 2. The summed E-state index contributed by atoms with van der Waals surface area (Å²) >= 11 is 0. The largest absolute Gasteiger partial charge is 0.478 e. The van der Waals surface area contributed by atoms with Gasteiger partial charge in [-0.2, -0.15) is 5.26 Å². The summed E-state index contributed by atoms with van der Waals surface area (Å²) in [6, 6.07) is 15.7. The van der Waals surface area contributed by atoms with Gasteiger partial charge >= 0.3 is 5.97 Å². The van der Waals surface area contributed by atoms with Crippen molar-refractivity contribution in [2.45, 2.75) is 20.3 Å². The Labute approximate surface area is 210 Å². The maximum atomic E-state index is 13.1. The van der Waals surface area contributed by atoms with Gasteiger partial charge in [-0.25, -0.2) is 4.79 Å². The zero-order chi connectivity index (χ0) is 26.7. The highest BCUT2D eigenvalue weighted by Gasteiger charge is 2.23. The number of Topliss-reactive ketones (excluding diaryl/α,β-unsaturated/α-hetero) is 1. The topological polar surface area (TPSA) is 162 Å². The van der Waals surface area contributed by atoms with Gasteiger partial charge in [0.05, 0.1) is 28.3 Å². The second-order valence-electron chi connectivity index (χ2n) is 8.06. The minimum atomic E-state index is -1.32. The second kappa shape index (κ2) is 10.1. The lowest BCUT2D eigenvalue weighted by Crippen LogP contribution is -2.15. The molecule has 1 aromatic heterocycles. The summed E-state index contributed by atoms with van der Waals surface area (Å²) in [5, 5.41) is 28.0. The summed E-state index contributed by atoms with van der Waals surface area (Å²) in [4.78, 5) is 49.4. The van der Waals surface area contributed by atoms with E-state index in [9.17, 15) is 24.3 Å². The lowest BCUT2D eigenvalue weighted by Gasteiger charge is -2.14. The van der Waals surface area contributed by atoms with Crippen LogP contribution in [0.1, 0.15) is 57.0 Å². The van der Waals surface area contributed by atoms with Gasteiger partial charge in [0.15, 0.2) is 17.1 Å². The molecule has 10 nitrogen and oxygen atoms in total. The van der Waals surface area contributed by atoms with Crippen LogP contribution in [0.4, 0.5) is 11.4 Å². The average Bonchev–Trinajstić information content (AvgIpc) is 3.30. The van der Waals surface area contributed by atoms with Gasteiger partial charge in [-0.1, -0.05) is 30.3 Å². The number of amides is 2. The molecule has 4 rings (SSSR count). The maximum absolute atomic E-state index is 13.1. The van der Waals surface area contributed by atoms with Crippen LogP contribution in [-0.4, -0.2) is 33.8 Å². The van der Waals surface area contributed by atoms with E-state index in [0.29, 0.717) is 22.4 Å². The summed E-state index contributed by atoms with van der Waals surface area (Å²) in [5.41, 5.74) is 1.71. The van der Waals surface area contributed by atoms with Crippen molar-refractivity contribution >= 4 is 45.9 Å². The molecule has 0 aliphatic rings. The molecule has 0 spiro atoms. The summed E-state index contributed by atoms with van der Waals surface area (Å²) < 4.78 is 5.35. The first-order valence-corrected chi connectivity index (χ1v) is 11.2. The minimum Gasteiger partial charge on any atom is -0.478 e. The van der Waals surface area contributed by atoms with Crippen molar-refractivity contribution in [2.24, 2.45) is 0 Å². The number of carboxylic acid groups (broad SMARTS) is 1. The van der Waals surface area contributed by atoms with Crippen LogP contribution < -0.4 is 10.6 Å². The molecule has 0 radical (unpaired) electrons. The van der Waals surface area contributed by atoms with E-state index in [4.69, 9.17) is 9.78 Å². The monoisotopic (exact) mass is 496 g/mol. The molecule has 0 fully saturated rings. The predicted octanol–water partition coefficient (Wildman–Crippen LogP) is 4.87. The highest BCUT2D eigenvalue weighted by atomic mass is 16.5. The van der Waals surface area contributed by atoms with Crippen molar-refractivity contribution in [3.63, 3.8) is 0 Å². The molecule has 4 aromatic rings. The molecule has 0 saturated heterocycles. The number of ketones is 1. The predicted molar refractivity (Wildman–Crippen MR) is 134 cm³/mol. The molecule has 37 heavy (non-hydrogen) atoms. The molecule has 3 aromatic carbocycles. The molecule has 0 bridgehead atoms. The molecule has 0 saturated carbocycles. The van der Waals surface area contributed by atoms with E-state index in [2.05, 4.69) is 15.8 Å². The van der Waals surface area contributed by atoms with Crippen LogP contribution in [0.15, 0.2) is 59.1 Å². The summed E-state index contributed by atoms with van der Waals surface area (Å²) in [6.45, 7) is 3.09. The van der Waals surface area contributed by atoms with Crippen LogP contribution >= 0.6 is 0 Å². The number of carbonyl (C=O) groups excluding carboxylic acids is 3. The fraction of sp³-hybridized carbons (Fsp3) is 0.111. The van der Waals surface area contributed by atoms with Crippen LogP contribution in [-0.2, 0) is 4.79 Å². The van der Waals surface area contributed by atoms with Crippen molar-refractivity contribution in [3.05, 3.63) is 77.0 Å². The average molecular weight is 496 g/mol. The van der Waals surface area contributed by atoms with E-state index < -0.39 is 11.9 Å². The van der Waals surface area contributed by atoms with Crippen LogP contribution in [0.25, 0.3) is 22.1 Å². The highest BCUT2D eigenvalue weighted by Crippen LogP contribution is 2.35. The summed E-state index contributed by atoms with van der Waals surface area (Å²) in [7, 11) is 0. The van der Waals surface area contributed by atoms with Crippen molar-refractivity contribution in [1.29, 1.82) is 5.26 Å². The van der Waals surface area contributed by atoms with E-state index in [0.717, 1.165) is 6.07 Å². The number of fused-ring (bicyclic) bond motifs is 1. The molecule has 0 aliphatic carbocycles. The van der Waals surface area contributed by atoms with E-state index in [1.54, 1.807) is 37.3 Å². The van der Waals surface area contributed by atoms with Crippen LogP contribution in [0.5, 0.6) is 0 Å². The lowest BCUT2D eigenvalue weighted by molar-refractivity contribution is -0.114. The SMILES string of the molecule is CCC(=O)c1cc2onc(C(=O)Nc3ccc(C#N)cc3C(=O)O)c2cc1-c1ccccc1NC(C)=O. The number of aromatic nitrogens is 1. The zero-order valence-electron chi connectivity index (χ0n) is 19.8. The molecule has 3 N–H and O–H groups in total. The van der Waals surface area contributed by atoms with Gasteiger partial charge in [-0.15, -0.1) is 0 Å². The Morgan fingerprint density at radius 1 is 0.973 bits per heavy atom. The Morgan fingerprint density at radius 3 is 2.41 bits per heavy atom. The third-order valence-electron chi connectivity index (χ3n) is 5.60. The Morgan fingerprint density at radius 2 is 1.73 bits per heavy atom. The molecular weight excluding hydrogens is 476 g/mol. The van der Waals surface area contributed by atoms with Gasteiger partial charge in [0, 0.05) is 30.2 Å². The van der Waals surface area contributed by atoms with Crippen LogP contribution in [0.2, 0.25) is 0 Å². The fourth-order valence-corrected chi connectivity index (χ4v) is 3.89. The Bertz CT molecular complexity index is 1630. The smallest absolute Gasteiger partial charge is 0.337 e. The van der Waals surface area contributed by atoms with Gasteiger partial charge in [-0.3, -0.25) is 14.4 Å². The van der Waals surface area contributed by atoms with Crippen molar-refractivity contribution in [1.82, 2.24) is 5.16 Å². The number of carbonyl (C=O) groups is 4. The summed E-state index contributed by atoms with van der Waals surface area (Å²) in [6.07, 6.45) is 0.207. The number of nitriles is 1. The Balaban J connectivity index is 1.84. The Kier molecular flexibility index (Phi) is 6.79. The first-order valence-electron chi connectivity index (χ1n) is 11.2. The lowest BCUT2D eigenvalue weighted by atomic mass is 9.93. The number of benzene rings is 3. The normalized spacial score (nSPS) is 10.5. The fourth-order valence-electron chi connectivity index (χ4n) is 3.89. The van der Waals surface area contributed by atoms with Gasteiger partial charge < -0.3 is 20.3 Å². The number of nitrogens with zero attached hydrogens (tertiary/aromatic N) is 2. The minimum absolute atomic E-state index is 0.0262. The zero-order valence-corrected chi connectivity index (χ0v) is 19.8. The quantitative estimate of drug-likeness (QED) is 0.305. The van der Waals surface area contributed by atoms with E-state index in [1.165, 1.54) is 25.1 Å². The first kappa shape index (κ1) is 24.8. The van der Waals surface area contributed by atoms with Crippen molar-refractivity contribution in [3.8, 4) is 17.2 Å². The van der Waals surface area contributed by atoms with Gasteiger partial charge in [-0.05, 0) is 42.0 Å². The number of hydrogen-bond acceptors (Lipinski definition) is 7.